The van der Waals surface area contributed by atoms with Crippen LogP contribution in [-0.2, 0) is 14.4 Å². The molecule has 0 aromatic rings. The number of nitrogens with one attached hydrogen (secondary N) is 3. The summed E-state index contributed by atoms with van der Waals surface area (Å²) in [6.45, 7) is 2.43. The van der Waals surface area contributed by atoms with Crippen LogP contribution in [0.5, 0.6) is 0 Å². The van der Waals surface area contributed by atoms with Gasteiger partial charge < -0.3 is 10.6 Å². The minimum atomic E-state index is -0.271. The second-order valence-corrected chi connectivity index (χ2v) is 3.69. The van der Waals surface area contributed by atoms with Crippen molar-refractivity contribution in [2.24, 2.45) is 5.10 Å². The summed E-state index contributed by atoms with van der Waals surface area (Å²) in [5, 5.41) is 8.97. The van der Waals surface area contributed by atoms with Crippen LogP contribution in [-0.4, -0.2) is 36.5 Å². The molecule has 0 saturated carbocycles. The van der Waals surface area contributed by atoms with Crippen LogP contribution < -0.4 is 16.1 Å². The number of hydrogen-bond acceptors (Lipinski definition) is 4. The predicted molar refractivity (Wildman–Crippen MR) is 61.1 cm³/mol. The lowest BCUT2D eigenvalue weighted by molar-refractivity contribution is -0.121. The van der Waals surface area contributed by atoms with Crippen LogP contribution in [0.2, 0.25) is 0 Å². The summed E-state index contributed by atoms with van der Waals surface area (Å²) < 4.78 is 0. The first-order valence-corrected chi connectivity index (χ1v) is 5.47. The van der Waals surface area contributed by atoms with Crippen LogP contribution in [0.1, 0.15) is 26.2 Å². The van der Waals surface area contributed by atoms with E-state index in [0.29, 0.717) is 31.6 Å². The number of amides is 3. The first-order valence-electron chi connectivity index (χ1n) is 5.47. The highest BCUT2D eigenvalue weighted by molar-refractivity contribution is 6.39. The molecule has 7 nitrogen and oxygen atoms in total. The van der Waals surface area contributed by atoms with Gasteiger partial charge in [-0.3, -0.25) is 14.4 Å². The normalized spacial score (nSPS) is 14.6. The minimum absolute atomic E-state index is 0.0873. The molecular formula is C10H16N4O3. The van der Waals surface area contributed by atoms with E-state index in [-0.39, 0.29) is 24.1 Å². The van der Waals surface area contributed by atoms with Crippen molar-refractivity contribution in [1.29, 1.82) is 0 Å². The first-order chi connectivity index (χ1) is 8.09. The van der Waals surface area contributed by atoms with Gasteiger partial charge in [0.2, 0.25) is 11.8 Å². The van der Waals surface area contributed by atoms with Crippen LogP contribution in [0.3, 0.4) is 0 Å². The Morgan fingerprint density at radius 1 is 1.29 bits per heavy atom. The maximum absolute atomic E-state index is 11.5. The van der Waals surface area contributed by atoms with Crippen LogP contribution in [0.15, 0.2) is 5.10 Å². The van der Waals surface area contributed by atoms with Crippen LogP contribution in [0, 0.1) is 0 Å². The van der Waals surface area contributed by atoms with Gasteiger partial charge in [-0.25, -0.2) is 5.43 Å². The van der Waals surface area contributed by atoms with E-state index in [2.05, 4.69) is 21.2 Å². The van der Waals surface area contributed by atoms with E-state index in [9.17, 15) is 14.4 Å². The van der Waals surface area contributed by atoms with E-state index in [0.717, 1.165) is 0 Å². The fourth-order valence-corrected chi connectivity index (χ4v) is 1.29. The number of carbonyl (C=O) groups is 3. The molecule has 1 aliphatic rings. The van der Waals surface area contributed by atoms with Gasteiger partial charge in [0, 0.05) is 32.9 Å². The topological polar surface area (TPSA) is 99.7 Å². The molecule has 1 aliphatic heterocycles. The third-order valence-corrected chi connectivity index (χ3v) is 2.18. The summed E-state index contributed by atoms with van der Waals surface area (Å²) in [5.41, 5.74) is 2.60. The molecule has 3 amide bonds. The highest BCUT2D eigenvalue weighted by atomic mass is 16.2. The summed E-state index contributed by atoms with van der Waals surface area (Å²) in [6, 6.07) is 0. The largest absolute Gasteiger partial charge is 0.356 e. The number of nitrogens with zero attached hydrogens (tertiary/aromatic N) is 1. The standard InChI is InChI=1S/C10H16N4O3/c1-7(15)11-5-2-6-12-10(17)8-3-4-9(16)14-13-8/h2-6H2,1H3,(H,11,15)(H,12,17)(H,14,16). The monoisotopic (exact) mass is 240 g/mol. The maximum Gasteiger partial charge on any atom is 0.267 e. The lowest BCUT2D eigenvalue weighted by Gasteiger charge is -2.11. The third-order valence-electron chi connectivity index (χ3n) is 2.18. The molecule has 0 aromatic heterocycles. The quantitative estimate of drug-likeness (QED) is 0.531. The zero-order chi connectivity index (χ0) is 12.7. The van der Waals surface area contributed by atoms with E-state index in [1.165, 1.54) is 6.92 Å². The van der Waals surface area contributed by atoms with Crippen molar-refractivity contribution in [3.8, 4) is 0 Å². The Morgan fingerprint density at radius 3 is 2.59 bits per heavy atom. The summed E-state index contributed by atoms with van der Waals surface area (Å²) in [6.07, 6.45) is 1.31. The fourth-order valence-electron chi connectivity index (χ4n) is 1.29. The Bertz CT molecular complexity index is 351. The zero-order valence-corrected chi connectivity index (χ0v) is 9.71. The van der Waals surface area contributed by atoms with Gasteiger partial charge in [-0.1, -0.05) is 0 Å². The van der Waals surface area contributed by atoms with Gasteiger partial charge in [0.1, 0.15) is 5.71 Å². The van der Waals surface area contributed by atoms with E-state index in [1.54, 1.807) is 0 Å². The SMILES string of the molecule is CC(=O)NCCCNC(=O)C1=NNC(=O)CC1. The van der Waals surface area contributed by atoms with Crippen molar-refractivity contribution in [1.82, 2.24) is 16.1 Å². The Morgan fingerprint density at radius 2 is 2.00 bits per heavy atom. The average Bonchev–Trinajstić information content (AvgIpc) is 2.29. The molecule has 94 valence electrons. The molecule has 1 heterocycles. The highest BCUT2D eigenvalue weighted by Crippen LogP contribution is 1.99. The van der Waals surface area contributed by atoms with E-state index in [1.807, 2.05) is 0 Å². The van der Waals surface area contributed by atoms with Crippen molar-refractivity contribution in [3.05, 3.63) is 0 Å². The molecule has 0 fully saturated rings. The lowest BCUT2D eigenvalue weighted by atomic mass is 10.1. The van der Waals surface area contributed by atoms with Crippen molar-refractivity contribution in [2.75, 3.05) is 13.1 Å². The number of carbonyl (C=O) groups excluding carboxylic acids is 3. The van der Waals surface area contributed by atoms with Gasteiger partial charge in [-0.15, -0.1) is 0 Å². The molecule has 0 aromatic carbocycles. The second-order valence-electron chi connectivity index (χ2n) is 3.69. The van der Waals surface area contributed by atoms with Crippen molar-refractivity contribution < 1.29 is 14.4 Å². The van der Waals surface area contributed by atoms with E-state index in [4.69, 9.17) is 0 Å². The highest BCUT2D eigenvalue weighted by Gasteiger charge is 2.17. The first kappa shape index (κ1) is 13.1. The van der Waals surface area contributed by atoms with Crippen LogP contribution in [0.25, 0.3) is 0 Å². The molecule has 0 radical (unpaired) electrons. The zero-order valence-electron chi connectivity index (χ0n) is 9.71. The molecule has 0 saturated heterocycles. The molecule has 0 bridgehead atoms. The van der Waals surface area contributed by atoms with E-state index >= 15 is 0 Å². The molecule has 0 atom stereocenters. The third kappa shape index (κ3) is 5.10. The summed E-state index contributed by atoms with van der Waals surface area (Å²) in [7, 11) is 0. The van der Waals surface area contributed by atoms with Gasteiger partial charge in [-0.2, -0.15) is 5.10 Å². The van der Waals surface area contributed by atoms with Crippen molar-refractivity contribution >= 4 is 23.4 Å². The molecule has 7 heteroatoms. The molecule has 0 spiro atoms. The van der Waals surface area contributed by atoms with Crippen LogP contribution >= 0.6 is 0 Å². The van der Waals surface area contributed by atoms with Crippen molar-refractivity contribution in [2.45, 2.75) is 26.2 Å². The average molecular weight is 240 g/mol. The Labute approximate surface area is 99.0 Å². The Hall–Kier alpha value is -1.92. The molecule has 17 heavy (non-hydrogen) atoms. The number of hydrogen-bond donors (Lipinski definition) is 3. The summed E-state index contributed by atoms with van der Waals surface area (Å²) in [4.78, 5) is 32.9. The van der Waals surface area contributed by atoms with E-state index < -0.39 is 0 Å². The summed E-state index contributed by atoms with van der Waals surface area (Å²) in [5.74, 6) is -0.532. The molecule has 3 N–H and O–H groups in total. The smallest absolute Gasteiger partial charge is 0.267 e. The fraction of sp³-hybridized carbons (Fsp3) is 0.600. The molecule has 1 rings (SSSR count). The van der Waals surface area contributed by atoms with Gasteiger partial charge >= 0.3 is 0 Å². The second kappa shape index (κ2) is 6.62. The van der Waals surface area contributed by atoms with Crippen LogP contribution in [0.4, 0.5) is 0 Å². The van der Waals surface area contributed by atoms with Gasteiger partial charge in [0.15, 0.2) is 0 Å². The van der Waals surface area contributed by atoms with Gasteiger partial charge in [0.05, 0.1) is 0 Å². The molecular weight excluding hydrogens is 224 g/mol. The predicted octanol–water partition coefficient (Wildman–Crippen LogP) is -1.11. The lowest BCUT2D eigenvalue weighted by Crippen LogP contribution is -2.37. The minimum Gasteiger partial charge on any atom is -0.356 e. The molecule has 0 aliphatic carbocycles. The Balaban J connectivity index is 2.17. The van der Waals surface area contributed by atoms with Gasteiger partial charge in [0.25, 0.3) is 5.91 Å². The maximum atomic E-state index is 11.5. The number of hydrazone groups is 1. The van der Waals surface area contributed by atoms with Crippen molar-refractivity contribution in [3.63, 3.8) is 0 Å². The number of rotatable bonds is 5. The van der Waals surface area contributed by atoms with Gasteiger partial charge in [-0.05, 0) is 6.42 Å². The Kier molecular flexibility index (Phi) is 5.12. The molecule has 0 unspecified atom stereocenters. The summed E-state index contributed by atoms with van der Waals surface area (Å²) >= 11 is 0.